The standard InChI is InChI=1S/C21H20N6O/c1-14-16(15(2)27(26-14)20-9-5-6-11-22-20)10-12-23-21(28)19-13-24-17-7-3-4-8-18(17)25-19/h3-9,11,13H,10,12H2,1-2H3,(H,23,28). The van der Waals surface area contributed by atoms with Gasteiger partial charge in [-0.3, -0.25) is 9.78 Å². The summed E-state index contributed by atoms with van der Waals surface area (Å²) in [5.74, 6) is 0.551. The third-order valence-electron chi connectivity index (χ3n) is 4.65. The lowest BCUT2D eigenvalue weighted by molar-refractivity contribution is 0.0949. The van der Waals surface area contributed by atoms with Crippen LogP contribution in [-0.4, -0.2) is 37.2 Å². The van der Waals surface area contributed by atoms with Gasteiger partial charge < -0.3 is 5.32 Å². The predicted octanol–water partition coefficient (Wildman–Crippen LogP) is 2.80. The Morgan fingerprint density at radius 2 is 1.82 bits per heavy atom. The highest BCUT2D eigenvalue weighted by Crippen LogP contribution is 2.17. The topological polar surface area (TPSA) is 85.6 Å². The van der Waals surface area contributed by atoms with Crippen LogP contribution in [0.1, 0.15) is 27.4 Å². The van der Waals surface area contributed by atoms with Crippen molar-refractivity contribution < 1.29 is 4.79 Å². The van der Waals surface area contributed by atoms with Crippen LogP contribution in [0.5, 0.6) is 0 Å². The molecule has 0 aliphatic rings. The van der Waals surface area contributed by atoms with Gasteiger partial charge in [-0.15, -0.1) is 0 Å². The third-order valence-corrected chi connectivity index (χ3v) is 4.65. The molecule has 1 N–H and O–H groups in total. The molecule has 140 valence electrons. The van der Waals surface area contributed by atoms with Crippen molar-refractivity contribution in [3.8, 4) is 5.82 Å². The van der Waals surface area contributed by atoms with E-state index in [1.807, 2.05) is 61.0 Å². The molecule has 0 spiro atoms. The number of amides is 1. The maximum atomic E-state index is 12.4. The molecule has 0 aliphatic carbocycles. The summed E-state index contributed by atoms with van der Waals surface area (Å²) in [5.41, 5.74) is 4.86. The quantitative estimate of drug-likeness (QED) is 0.582. The fourth-order valence-electron chi connectivity index (χ4n) is 3.20. The molecule has 1 aromatic carbocycles. The number of hydrogen-bond donors (Lipinski definition) is 1. The van der Waals surface area contributed by atoms with Crippen molar-refractivity contribution in [2.45, 2.75) is 20.3 Å². The van der Waals surface area contributed by atoms with Gasteiger partial charge >= 0.3 is 0 Å². The molecule has 28 heavy (non-hydrogen) atoms. The van der Waals surface area contributed by atoms with E-state index in [0.717, 1.165) is 28.3 Å². The Bertz CT molecular complexity index is 1140. The first-order chi connectivity index (χ1) is 13.6. The second kappa shape index (κ2) is 7.56. The minimum Gasteiger partial charge on any atom is -0.350 e. The van der Waals surface area contributed by atoms with Crippen LogP contribution in [0, 0.1) is 13.8 Å². The SMILES string of the molecule is Cc1nn(-c2ccccn2)c(C)c1CCNC(=O)c1cnc2ccccc2n1. The van der Waals surface area contributed by atoms with E-state index >= 15 is 0 Å². The van der Waals surface area contributed by atoms with Crippen molar-refractivity contribution in [2.24, 2.45) is 0 Å². The summed E-state index contributed by atoms with van der Waals surface area (Å²) >= 11 is 0. The lowest BCUT2D eigenvalue weighted by Crippen LogP contribution is -2.27. The maximum Gasteiger partial charge on any atom is 0.271 e. The highest BCUT2D eigenvalue weighted by molar-refractivity contribution is 5.93. The average Bonchev–Trinajstić information content (AvgIpc) is 3.02. The van der Waals surface area contributed by atoms with Gasteiger partial charge in [0.2, 0.25) is 0 Å². The van der Waals surface area contributed by atoms with Crippen LogP contribution in [0.3, 0.4) is 0 Å². The third kappa shape index (κ3) is 3.46. The first kappa shape index (κ1) is 17.8. The Hall–Kier alpha value is -3.61. The van der Waals surface area contributed by atoms with Gasteiger partial charge in [-0.05, 0) is 50.1 Å². The molecule has 0 bridgehead atoms. The van der Waals surface area contributed by atoms with Crippen LogP contribution in [0.2, 0.25) is 0 Å². The zero-order valence-electron chi connectivity index (χ0n) is 15.8. The molecule has 0 atom stereocenters. The first-order valence-electron chi connectivity index (χ1n) is 9.10. The summed E-state index contributed by atoms with van der Waals surface area (Å²) in [6, 6.07) is 13.2. The number of benzene rings is 1. The number of nitrogens with one attached hydrogen (secondary N) is 1. The summed E-state index contributed by atoms with van der Waals surface area (Å²) in [6.07, 6.45) is 3.93. The van der Waals surface area contributed by atoms with Crippen molar-refractivity contribution in [2.75, 3.05) is 6.54 Å². The normalized spacial score (nSPS) is 10.9. The van der Waals surface area contributed by atoms with Crippen molar-refractivity contribution in [1.29, 1.82) is 0 Å². The molecule has 0 saturated heterocycles. The number of hydrogen-bond acceptors (Lipinski definition) is 5. The number of aryl methyl sites for hydroxylation is 1. The van der Waals surface area contributed by atoms with Crippen LogP contribution in [0.15, 0.2) is 54.9 Å². The molecule has 7 nitrogen and oxygen atoms in total. The van der Waals surface area contributed by atoms with Crippen molar-refractivity contribution in [3.63, 3.8) is 0 Å². The summed E-state index contributed by atoms with van der Waals surface area (Å²) in [4.78, 5) is 25.5. The number of carbonyl (C=O) groups is 1. The molecule has 4 aromatic rings. The van der Waals surface area contributed by atoms with Crippen molar-refractivity contribution >= 4 is 16.9 Å². The van der Waals surface area contributed by atoms with Gasteiger partial charge in [0, 0.05) is 18.4 Å². The predicted molar refractivity (Wildman–Crippen MR) is 106 cm³/mol. The van der Waals surface area contributed by atoms with E-state index in [9.17, 15) is 4.79 Å². The average molecular weight is 372 g/mol. The Kier molecular flexibility index (Phi) is 4.80. The number of nitrogens with zero attached hydrogens (tertiary/aromatic N) is 5. The van der Waals surface area contributed by atoms with Gasteiger partial charge in [0.1, 0.15) is 5.69 Å². The van der Waals surface area contributed by atoms with Crippen molar-refractivity contribution in [3.05, 3.63) is 77.5 Å². The van der Waals surface area contributed by atoms with E-state index in [4.69, 9.17) is 0 Å². The number of carbonyl (C=O) groups excluding carboxylic acids is 1. The van der Waals surface area contributed by atoms with E-state index in [1.165, 1.54) is 6.20 Å². The summed E-state index contributed by atoms with van der Waals surface area (Å²) in [6.45, 7) is 4.47. The summed E-state index contributed by atoms with van der Waals surface area (Å²) in [5, 5.41) is 7.51. The van der Waals surface area contributed by atoms with Crippen LogP contribution in [-0.2, 0) is 6.42 Å². The molecule has 0 radical (unpaired) electrons. The van der Waals surface area contributed by atoms with E-state index in [-0.39, 0.29) is 5.91 Å². The molecule has 7 heteroatoms. The van der Waals surface area contributed by atoms with Gasteiger partial charge in [0.25, 0.3) is 5.91 Å². The zero-order chi connectivity index (χ0) is 19.5. The molecule has 3 aromatic heterocycles. The van der Waals surface area contributed by atoms with Gasteiger partial charge in [0.15, 0.2) is 5.82 Å². The molecule has 1 amide bonds. The second-order valence-corrected chi connectivity index (χ2v) is 6.50. The maximum absolute atomic E-state index is 12.4. The summed E-state index contributed by atoms with van der Waals surface area (Å²) < 4.78 is 1.83. The minimum absolute atomic E-state index is 0.231. The second-order valence-electron chi connectivity index (χ2n) is 6.50. The zero-order valence-corrected chi connectivity index (χ0v) is 15.8. The van der Waals surface area contributed by atoms with Crippen LogP contribution < -0.4 is 5.32 Å². The molecule has 0 unspecified atom stereocenters. The Morgan fingerprint density at radius 3 is 2.61 bits per heavy atom. The fraction of sp³-hybridized carbons (Fsp3) is 0.190. The Morgan fingerprint density at radius 1 is 1.04 bits per heavy atom. The fourth-order valence-corrected chi connectivity index (χ4v) is 3.20. The Balaban J connectivity index is 1.45. The molecule has 4 rings (SSSR count). The summed E-state index contributed by atoms with van der Waals surface area (Å²) in [7, 11) is 0. The van der Waals surface area contributed by atoms with Crippen LogP contribution in [0.25, 0.3) is 16.9 Å². The number of pyridine rings is 1. The number of para-hydroxylation sites is 2. The molecule has 3 heterocycles. The number of fused-ring (bicyclic) bond motifs is 1. The van der Waals surface area contributed by atoms with Gasteiger partial charge in [0.05, 0.1) is 22.9 Å². The number of aromatic nitrogens is 5. The van der Waals surface area contributed by atoms with Gasteiger partial charge in [-0.25, -0.2) is 14.6 Å². The van der Waals surface area contributed by atoms with Crippen LogP contribution >= 0.6 is 0 Å². The van der Waals surface area contributed by atoms with E-state index in [0.29, 0.717) is 24.2 Å². The van der Waals surface area contributed by atoms with Gasteiger partial charge in [-0.2, -0.15) is 5.10 Å². The van der Waals surface area contributed by atoms with E-state index in [2.05, 4.69) is 25.4 Å². The lowest BCUT2D eigenvalue weighted by Gasteiger charge is -2.07. The minimum atomic E-state index is -0.231. The molecular weight excluding hydrogens is 352 g/mol. The largest absolute Gasteiger partial charge is 0.350 e. The molecular formula is C21H20N6O. The molecule has 0 aliphatic heterocycles. The van der Waals surface area contributed by atoms with Crippen molar-refractivity contribution in [1.82, 2.24) is 30.0 Å². The van der Waals surface area contributed by atoms with E-state index in [1.54, 1.807) is 6.20 Å². The van der Waals surface area contributed by atoms with Gasteiger partial charge in [-0.1, -0.05) is 18.2 Å². The smallest absolute Gasteiger partial charge is 0.271 e. The lowest BCUT2D eigenvalue weighted by atomic mass is 10.1. The highest BCUT2D eigenvalue weighted by Gasteiger charge is 2.14. The molecule has 0 saturated carbocycles. The monoisotopic (exact) mass is 372 g/mol. The molecule has 0 fully saturated rings. The highest BCUT2D eigenvalue weighted by atomic mass is 16.1. The number of rotatable bonds is 5. The van der Waals surface area contributed by atoms with E-state index < -0.39 is 0 Å². The van der Waals surface area contributed by atoms with Crippen LogP contribution in [0.4, 0.5) is 0 Å². The Labute approximate surface area is 162 Å². The first-order valence-corrected chi connectivity index (χ1v) is 9.10.